The molecule has 0 heterocycles. The average molecular weight is 621 g/mol. The number of unbranched alkanes of at least 4 members (excludes halogenated alkanes) is 4. The van der Waals surface area contributed by atoms with Crippen molar-refractivity contribution in [2.75, 3.05) is 0 Å². The summed E-state index contributed by atoms with van der Waals surface area (Å²) in [5.74, 6) is 1.07. The van der Waals surface area contributed by atoms with Crippen LogP contribution in [0.2, 0.25) is 0 Å². The predicted molar refractivity (Wildman–Crippen MR) is 168 cm³/mol. The summed E-state index contributed by atoms with van der Waals surface area (Å²) in [6, 6.07) is 0. The second kappa shape index (κ2) is 9.64. The lowest BCUT2D eigenvalue weighted by molar-refractivity contribution is -0.271. The maximum absolute atomic E-state index is 3.11. The molecule has 8 aliphatic carbocycles. The third-order valence-electron chi connectivity index (χ3n) is 13.9. The number of halogens is 1. The van der Waals surface area contributed by atoms with Gasteiger partial charge in [0.05, 0.1) is 0 Å². The Balaban J connectivity index is 1.43. The Hall–Kier alpha value is 0.730. The van der Waals surface area contributed by atoms with Gasteiger partial charge in [0.15, 0.2) is 0 Å². The molecule has 0 saturated heterocycles. The fraction of sp³-hybridized carbons (Fsp3) is 1.00. The Morgan fingerprint density at radius 1 is 0.459 bits per heavy atom. The molecule has 0 aromatic heterocycles. The first-order valence-corrected chi connectivity index (χ1v) is 18.4. The Morgan fingerprint density at radius 2 is 0.865 bits per heavy atom. The van der Waals surface area contributed by atoms with Gasteiger partial charge in [-0.05, 0) is 141 Å². The first-order valence-electron chi connectivity index (χ1n) is 17.3. The molecule has 8 bridgehead atoms. The first-order chi connectivity index (χ1) is 17.6. The van der Waals surface area contributed by atoms with Crippen LogP contribution in [0.3, 0.4) is 0 Å². The van der Waals surface area contributed by atoms with Crippen molar-refractivity contribution in [1.82, 2.24) is 0 Å². The lowest BCUT2D eigenvalue weighted by atomic mass is 9.27. The van der Waals surface area contributed by atoms with E-state index in [0.717, 1.165) is 16.7 Å². The van der Waals surface area contributed by atoms with Gasteiger partial charge in [0, 0.05) is 3.42 Å². The van der Waals surface area contributed by atoms with Gasteiger partial charge in [0.25, 0.3) is 0 Å². The fourth-order valence-electron chi connectivity index (χ4n) is 14.2. The third-order valence-corrected chi connectivity index (χ3v) is 15.0. The maximum Gasteiger partial charge on any atom is 0.0238 e. The van der Waals surface area contributed by atoms with Crippen LogP contribution < -0.4 is 0 Å². The molecule has 37 heavy (non-hydrogen) atoms. The highest BCUT2D eigenvalue weighted by Crippen LogP contribution is 2.85. The quantitative estimate of drug-likeness (QED) is 0.142. The molecular formula is C36H61I. The highest BCUT2D eigenvalue weighted by atomic mass is 127. The first kappa shape index (κ1) is 27.9. The van der Waals surface area contributed by atoms with Gasteiger partial charge >= 0.3 is 0 Å². The van der Waals surface area contributed by atoms with Crippen molar-refractivity contribution < 1.29 is 0 Å². The topological polar surface area (TPSA) is 0 Å². The zero-order valence-electron chi connectivity index (χ0n) is 25.4. The molecule has 0 aromatic carbocycles. The molecule has 4 atom stereocenters. The van der Waals surface area contributed by atoms with Crippen molar-refractivity contribution in [2.45, 2.75) is 185 Å². The zero-order valence-corrected chi connectivity index (χ0v) is 27.6. The maximum atomic E-state index is 3.11. The van der Waals surface area contributed by atoms with Crippen LogP contribution in [-0.4, -0.2) is 3.42 Å². The van der Waals surface area contributed by atoms with Gasteiger partial charge in [-0.2, -0.15) is 0 Å². The minimum atomic E-state index is 0.616. The van der Waals surface area contributed by atoms with E-state index in [1.54, 1.807) is 103 Å². The summed E-state index contributed by atoms with van der Waals surface area (Å²) in [6.07, 6.45) is 37.4. The summed E-state index contributed by atoms with van der Waals surface area (Å²) in [5.41, 5.74) is 4.20. The number of hydrogen-bond acceptors (Lipinski definition) is 0. The average Bonchev–Trinajstić information content (AvgIpc) is 2.82. The third kappa shape index (κ3) is 4.54. The van der Waals surface area contributed by atoms with Gasteiger partial charge in [-0.3, -0.25) is 0 Å². The molecule has 4 unspecified atom stereocenters. The molecule has 0 aliphatic heterocycles. The van der Waals surface area contributed by atoms with Crippen LogP contribution in [0.25, 0.3) is 0 Å². The SMILES string of the molecule is CCCCC12CC3CC(CCCC)(C1)CC(C14CC5(I)CC(CCCC)(CC(CCCC)(C5)C1)C4)(C3)C2. The van der Waals surface area contributed by atoms with Crippen LogP contribution in [0.15, 0.2) is 0 Å². The summed E-state index contributed by atoms with van der Waals surface area (Å²) in [4.78, 5) is 0. The molecule has 0 amide bonds. The van der Waals surface area contributed by atoms with E-state index in [2.05, 4.69) is 50.3 Å². The van der Waals surface area contributed by atoms with Gasteiger partial charge in [-0.25, -0.2) is 0 Å². The molecule has 8 aliphatic rings. The number of alkyl halides is 1. The molecule has 0 radical (unpaired) electrons. The van der Waals surface area contributed by atoms with Gasteiger partial charge in [0.1, 0.15) is 0 Å². The predicted octanol–water partition coefficient (Wildman–Crippen LogP) is 12.2. The fourth-order valence-corrected chi connectivity index (χ4v) is 16.6. The minimum absolute atomic E-state index is 0.616. The summed E-state index contributed by atoms with van der Waals surface area (Å²) >= 11 is 3.11. The molecular weight excluding hydrogens is 559 g/mol. The monoisotopic (exact) mass is 620 g/mol. The summed E-state index contributed by atoms with van der Waals surface area (Å²) < 4.78 is 0.616. The van der Waals surface area contributed by atoms with E-state index in [1.165, 1.54) is 51.4 Å². The Bertz CT molecular complexity index is 792. The lowest BCUT2D eigenvalue weighted by Gasteiger charge is -2.79. The van der Waals surface area contributed by atoms with Crippen molar-refractivity contribution in [2.24, 2.45) is 38.4 Å². The van der Waals surface area contributed by atoms with Gasteiger partial charge in [-0.15, -0.1) is 0 Å². The smallest absolute Gasteiger partial charge is 0.0238 e. The highest BCUT2D eigenvalue weighted by Gasteiger charge is 2.75. The van der Waals surface area contributed by atoms with Crippen LogP contribution in [0.1, 0.15) is 182 Å². The van der Waals surface area contributed by atoms with Crippen molar-refractivity contribution in [1.29, 1.82) is 0 Å². The standard InChI is InChI=1S/C36H61I/c1-5-9-13-30-17-29-18-31(20-30,14-10-6-2)23-34(19-29,22-30)35-24-32(15-11-7-3)21-33(25-35,16-12-8-4)27-36(37,26-32)28-35/h29H,5-28H2,1-4H3. The zero-order chi connectivity index (χ0) is 26.0. The summed E-state index contributed by atoms with van der Waals surface area (Å²) in [7, 11) is 0. The Kier molecular flexibility index (Phi) is 7.27. The van der Waals surface area contributed by atoms with E-state index in [1.807, 2.05) is 0 Å². The van der Waals surface area contributed by atoms with Crippen LogP contribution in [0.4, 0.5) is 0 Å². The molecule has 0 spiro atoms. The molecule has 8 rings (SSSR count). The molecule has 0 nitrogen and oxygen atoms in total. The molecule has 8 fully saturated rings. The van der Waals surface area contributed by atoms with Crippen molar-refractivity contribution in [3.05, 3.63) is 0 Å². The van der Waals surface area contributed by atoms with Crippen molar-refractivity contribution in [3.8, 4) is 0 Å². The van der Waals surface area contributed by atoms with E-state index in [-0.39, 0.29) is 0 Å². The number of rotatable bonds is 13. The van der Waals surface area contributed by atoms with Crippen LogP contribution >= 0.6 is 22.6 Å². The van der Waals surface area contributed by atoms with Gasteiger partial charge < -0.3 is 0 Å². The van der Waals surface area contributed by atoms with E-state index >= 15 is 0 Å². The summed E-state index contributed by atoms with van der Waals surface area (Å²) in [5, 5.41) is 0. The van der Waals surface area contributed by atoms with E-state index in [0.29, 0.717) is 25.1 Å². The second-order valence-electron chi connectivity index (χ2n) is 17.2. The number of hydrogen-bond donors (Lipinski definition) is 0. The van der Waals surface area contributed by atoms with Crippen LogP contribution in [0.5, 0.6) is 0 Å². The minimum Gasteiger partial charge on any atom is -0.0788 e. The summed E-state index contributed by atoms with van der Waals surface area (Å²) in [6.45, 7) is 9.82. The highest BCUT2D eigenvalue weighted by molar-refractivity contribution is 14.1. The Labute approximate surface area is 245 Å². The molecule has 1 heteroatoms. The van der Waals surface area contributed by atoms with Crippen LogP contribution in [-0.2, 0) is 0 Å². The van der Waals surface area contributed by atoms with Gasteiger partial charge in [0.2, 0.25) is 0 Å². The molecule has 212 valence electrons. The second-order valence-corrected chi connectivity index (χ2v) is 19.5. The van der Waals surface area contributed by atoms with E-state index < -0.39 is 0 Å². The molecule has 8 saturated carbocycles. The van der Waals surface area contributed by atoms with Crippen molar-refractivity contribution in [3.63, 3.8) is 0 Å². The van der Waals surface area contributed by atoms with Gasteiger partial charge in [-0.1, -0.05) is 102 Å². The van der Waals surface area contributed by atoms with E-state index in [4.69, 9.17) is 0 Å². The Morgan fingerprint density at radius 3 is 1.32 bits per heavy atom. The lowest BCUT2D eigenvalue weighted by Crippen LogP contribution is -2.70. The normalized spacial score (nSPS) is 51.3. The van der Waals surface area contributed by atoms with Crippen LogP contribution in [0, 0.1) is 38.4 Å². The molecule has 0 aromatic rings. The largest absolute Gasteiger partial charge is 0.0788 e. The molecule has 0 N–H and O–H groups in total. The van der Waals surface area contributed by atoms with Crippen molar-refractivity contribution >= 4 is 22.6 Å². The van der Waals surface area contributed by atoms with E-state index in [9.17, 15) is 0 Å².